The van der Waals surface area contributed by atoms with E-state index in [1.165, 1.54) is 0 Å². The first-order valence-corrected chi connectivity index (χ1v) is 13.9. The molecule has 0 radical (unpaired) electrons. The number of unbranched alkanes of at least 4 members (excludes halogenated alkanes) is 1. The second-order valence-corrected chi connectivity index (χ2v) is 10.1. The van der Waals surface area contributed by atoms with Crippen LogP contribution >= 0.6 is 0 Å². The quantitative estimate of drug-likeness (QED) is 0.250. The number of ketones is 1. The average molecular weight is 550 g/mol. The minimum atomic E-state index is -0.708. The summed E-state index contributed by atoms with van der Waals surface area (Å²) in [6, 6.07) is 11.3. The van der Waals surface area contributed by atoms with Crippen LogP contribution in [0.5, 0.6) is 23.0 Å². The smallest absolute Gasteiger partial charge is 0.315 e. The Morgan fingerprint density at radius 3 is 2.23 bits per heavy atom. The largest absolute Gasteiger partial charge is 0.493 e. The maximum Gasteiger partial charge on any atom is 0.315 e. The van der Waals surface area contributed by atoms with Gasteiger partial charge in [0.1, 0.15) is 5.92 Å². The number of allylic oxidation sites excluding steroid dienone is 2. The van der Waals surface area contributed by atoms with Crippen LogP contribution in [0.25, 0.3) is 0 Å². The molecular weight excluding hydrogens is 510 g/mol. The van der Waals surface area contributed by atoms with E-state index >= 15 is 0 Å². The topological polar surface area (TPSA) is 92.7 Å². The zero-order valence-electron chi connectivity index (χ0n) is 24.2. The van der Waals surface area contributed by atoms with Crippen LogP contribution in [0.3, 0.4) is 0 Å². The molecule has 2 aliphatic rings. The molecule has 3 atom stereocenters. The van der Waals surface area contributed by atoms with Crippen molar-refractivity contribution >= 4 is 17.5 Å². The highest BCUT2D eigenvalue weighted by molar-refractivity contribution is 6.09. The third-order valence-electron chi connectivity index (χ3n) is 7.61. The van der Waals surface area contributed by atoms with Gasteiger partial charge in [0.25, 0.3) is 0 Å². The molecule has 2 aromatic rings. The van der Waals surface area contributed by atoms with Crippen LogP contribution in [-0.2, 0) is 14.3 Å². The Morgan fingerprint density at radius 2 is 1.55 bits per heavy atom. The number of methoxy groups -OCH3 is 3. The molecule has 2 aromatic carbocycles. The molecule has 0 fully saturated rings. The van der Waals surface area contributed by atoms with Crippen LogP contribution in [0.2, 0.25) is 0 Å². The summed E-state index contributed by atoms with van der Waals surface area (Å²) < 4.78 is 27.9. The number of Topliss-reactive ketones (excluding diaryl/α,β-unsaturated/α-hetero) is 1. The number of ether oxygens (including phenoxy) is 5. The minimum absolute atomic E-state index is 0.0264. The molecule has 214 valence electrons. The molecule has 1 aliphatic heterocycles. The predicted octanol–water partition coefficient (Wildman–Crippen LogP) is 6.03. The molecule has 4 rings (SSSR count). The van der Waals surface area contributed by atoms with E-state index in [1.807, 2.05) is 57.2 Å². The van der Waals surface area contributed by atoms with Crippen molar-refractivity contribution in [2.24, 2.45) is 10.9 Å². The summed E-state index contributed by atoms with van der Waals surface area (Å²) in [5, 5.41) is 0. The molecule has 40 heavy (non-hydrogen) atoms. The van der Waals surface area contributed by atoms with Gasteiger partial charge in [-0.2, -0.15) is 0 Å². The van der Waals surface area contributed by atoms with Gasteiger partial charge in [-0.15, -0.1) is 0 Å². The fraction of sp³-hybridized carbons (Fsp3) is 0.469. The van der Waals surface area contributed by atoms with E-state index in [2.05, 4.69) is 0 Å². The first-order chi connectivity index (χ1) is 19.4. The average Bonchev–Trinajstić information content (AvgIpc) is 2.96. The molecule has 0 saturated heterocycles. The molecule has 1 aliphatic carbocycles. The molecular formula is C32H39NO7. The van der Waals surface area contributed by atoms with Gasteiger partial charge in [-0.1, -0.05) is 25.5 Å². The zero-order chi connectivity index (χ0) is 28.8. The molecule has 0 bridgehead atoms. The predicted molar refractivity (Wildman–Crippen MR) is 153 cm³/mol. The first-order valence-electron chi connectivity index (χ1n) is 13.9. The third kappa shape index (κ3) is 5.86. The van der Waals surface area contributed by atoms with E-state index in [9.17, 15) is 9.59 Å². The number of hydrogen-bond acceptors (Lipinski definition) is 8. The molecule has 0 spiro atoms. The summed E-state index contributed by atoms with van der Waals surface area (Å²) in [5.74, 6) is 0.686. The maximum atomic E-state index is 13.9. The van der Waals surface area contributed by atoms with Crippen molar-refractivity contribution in [1.29, 1.82) is 0 Å². The molecule has 8 heteroatoms. The Kier molecular flexibility index (Phi) is 9.50. The normalized spacial score (nSPS) is 20.4. The minimum Gasteiger partial charge on any atom is -0.493 e. The van der Waals surface area contributed by atoms with Crippen molar-refractivity contribution in [2.45, 2.75) is 58.3 Å². The lowest BCUT2D eigenvalue weighted by Crippen LogP contribution is -2.38. The van der Waals surface area contributed by atoms with Crippen molar-refractivity contribution < 1.29 is 33.3 Å². The molecule has 1 unspecified atom stereocenters. The van der Waals surface area contributed by atoms with Crippen molar-refractivity contribution in [1.82, 2.24) is 0 Å². The number of carbonyl (C=O) groups excluding carboxylic acids is 2. The maximum absolute atomic E-state index is 13.9. The SMILES string of the molecule is CCCCOC(=O)C1C(C)=NC2=C(C(=O)C[C@H](c3ccc(OC)c(OC)c3)C2)[C@H]1c1ccc(OCC)c(OC)c1. The second kappa shape index (κ2) is 13.0. The highest BCUT2D eigenvalue weighted by atomic mass is 16.5. The van der Waals surface area contributed by atoms with Gasteiger partial charge >= 0.3 is 5.97 Å². The third-order valence-corrected chi connectivity index (χ3v) is 7.61. The Balaban J connectivity index is 1.78. The lowest BCUT2D eigenvalue weighted by atomic mass is 9.69. The number of hydrogen-bond donors (Lipinski definition) is 0. The van der Waals surface area contributed by atoms with Gasteiger partial charge in [-0.3, -0.25) is 14.6 Å². The van der Waals surface area contributed by atoms with E-state index in [-0.39, 0.29) is 17.7 Å². The number of benzene rings is 2. The van der Waals surface area contributed by atoms with Gasteiger partial charge in [0.2, 0.25) is 0 Å². The molecule has 1 heterocycles. The van der Waals surface area contributed by atoms with Crippen molar-refractivity contribution in [3.63, 3.8) is 0 Å². The zero-order valence-corrected chi connectivity index (χ0v) is 24.2. The van der Waals surface area contributed by atoms with E-state index in [1.54, 1.807) is 21.3 Å². The lowest BCUT2D eigenvalue weighted by Gasteiger charge is -2.36. The fourth-order valence-electron chi connectivity index (χ4n) is 5.63. The van der Waals surface area contributed by atoms with E-state index in [4.69, 9.17) is 28.7 Å². The summed E-state index contributed by atoms with van der Waals surface area (Å²) in [6.07, 6.45) is 2.55. The van der Waals surface area contributed by atoms with Gasteiger partial charge in [0.05, 0.1) is 34.5 Å². The summed E-state index contributed by atoms with van der Waals surface area (Å²) in [6.45, 7) is 6.62. The molecule has 0 N–H and O–H groups in total. The molecule has 0 aromatic heterocycles. The Morgan fingerprint density at radius 1 is 0.900 bits per heavy atom. The van der Waals surface area contributed by atoms with Crippen LogP contribution < -0.4 is 18.9 Å². The number of aliphatic imine (C=N–C) groups is 1. The highest BCUT2D eigenvalue weighted by Crippen LogP contribution is 2.48. The highest BCUT2D eigenvalue weighted by Gasteiger charge is 2.45. The van der Waals surface area contributed by atoms with Gasteiger partial charge in [-0.05, 0) is 68.0 Å². The fourth-order valence-corrected chi connectivity index (χ4v) is 5.63. The molecule has 0 amide bonds. The number of carbonyl (C=O) groups is 2. The summed E-state index contributed by atoms with van der Waals surface area (Å²) >= 11 is 0. The van der Waals surface area contributed by atoms with Gasteiger partial charge < -0.3 is 23.7 Å². The summed E-state index contributed by atoms with van der Waals surface area (Å²) in [5.41, 5.74) is 3.69. The van der Waals surface area contributed by atoms with Crippen LogP contribution in [-0.4, -0.2) is 52.0 Å². The summed E-state index contributed by atoms with van der Waals surface area (Å²) in [7, 11) is 4.77. The van der Waals surface area contributed by atoms with Gasteiger partial charge in [-0.25, -0.2) is 0 Å². The van der Waals surface area contributed by atoms with Crippen molar-refractivity contribution in [2.75, 3.05) is 34.5 Å². The van der Waals surface area contributed by atoms with E-state index in [0.29, 0.717) is 66.0 Å². The van der Waals surface area contributed by atoms with Crippen molar-refractivity contribution in [3.05, 3.63) is 58.8 Å². The monoisotopic (exact) mass is 549 g/mol. The number of nitrogens with zero attached hydrogens (tertiary/aromatic N) is 1. The lowest BCUT2D eigenvalue weighted by molar-refractivity contribution is -0.146. The van der Waals surface area contributed by atoms with Gasteiger partial charge in [0, 0.05) is 29.3 Å². The van der Waals surface area contributed by atoms with Crippen LogP contribution in [0.15, 0.2) is 52.7 Å². The standard InChI is InChI=1S/C32H39NO7/c1-7-9-14-40-32(35)29-19(3)33-23-15-22(20-10-12-25(36-4)27(17-20)37-5)16-24(34)31(23)30(29)21-11-13-26(39-8-2)28(18-21)38-6/h10-13,17-18,22,29-30H,7-9,14-16H2,1-6H3/t22-,29?,30+/m1/s1. The van der Waals surface area contributed by atoms with Crippen LogP contribution in [0.1, 0.15) is 69.4 Å². The van der Waals surface area contributed by atoms with Crippen molar-refractivity contribution in [3.8, 4) is 23.0 Å². The second-order valence-electron chi connectivity index (χ2n) is 10.1. The summed E-state index contributed by atoms with van der Waals surface area (Å²) in [4.78, 5) is 32.3. The van der Waals surface area contributed by atoms with Gasteiger partial charge in [0.15, 0.2) is 28.8 Å². The van der Waals surface area contributed by atoms with Crippen LogP contribution in [0, 0.1) is 5.92 Å². The van der Waals surface area contributed by atoms with E-state index < -0.39 is 11.8 Å². The Labute approximate surface area is 236 Å². The van der Waals surface area contributed by atoms with Crippen LogP contribution in [0.4, 0.5) is 0 Å². The Hall–Kier alpha value is -3.81. The number of esters is 1. The number of rotatable bonds is 11. The first kappa shape index (κ1) is 29.2. The molecule has 0 saturated carbocycles. The van der Waals surface area contributed by atoms with E-state index in [0.717, 1.165) is 24.0 Å². The Bertz CT molecular complexity index is 1310. The molecule has 8 nitrogen and oxygen atoms in total.